The Morgan fingerprint density at radius 1 is 1.03 bits per heavy atom. The van der Waals surface area contributed by atoms with Gasteiger partial charge in [-0.25, -0.2) is 0 Å². The average molecular weight is 480 g/mol. The van der Waals surface area contributed by atoms with Crippen molar-refractivity contribution in [2.45, 2.75) is 79.8 Å². The minimum atomic E-state index is 0.249. The van der Waals surface area contributed by atoms with Gasteiger partial charge in [-0.3, -0.25) is 9.69 Å². The molecule has 2 saturated heterocycles. The molecule has 3 heterocycles. The van der Waals surface area contributed by atoms with E-state index in [1.165, 1.54) is 29.8 Å². The fourth-order valence-electron chi connectivity index (χ4n) is 6.04. The van der Waals surface area contributed by atoms with Crippen molar-refractivity contribution in [3.63, 3.8) is 0 Å². The van der Waals surface area contributed by atoms with Crippen molar-refractivity contribution in [3.8, 4) is 5.75 Å². The highest BCUT2D eigenvalue weighted by atomic mass is 16.5. The van der Waals surface area contributed by atoms with E-state index in [-0.39, 0.29) is 11.3 Å². The van der Waals surface area contributed by atoms with Crippen molar-refractivity contribution in [3.05, 3.63) is 52.8 Å². The summed E-state index contributed by atoms with van der Waals surface area (Å²) in [5.41, 5.74) is 5.01. The maximum atomic E-state index is 13.6. The van der Waals surface area contributed by atoms with E-state index < -0.39 is 0 Å². The summed E-state index contributed by atoms with van der Waals surface area (Å²) >= 11 is 0. The number of likely N-dealkylation sites (tertiary alicyclic amines) is 2. The number of piperidine rings is 1. The molecule has 0 atom stereocenters. The van der Waals surface area contributed by atoms with Crippen LogP contribution in [-0.4, -0.2) is 53.1 Å². The Morgan fingerprint density at radius 3 is 2.40 bits per heavy atom. The Hall–Kier alpha value is -2.27. The van der Waals surface area contributed by atoms with Gasteiger partial charge in [-0.05, 0) is 75.6 Å². The van der Waals surface area contributed by atoms with Crippen molar-refractivity contribution in [1.82, 2.24) is 14.4 Å². The van der Waals surface area contributed by atoms with Crippen LogP contribution in [0.4, 0.5) is 0 Å². The molecule has 0 saturated carbocycles. The summed E-state index contributed by atoms with van der Waals surface area (Å²) in [6.45, 7) is 17.5. The molecule has 35 heavy (non-hydrogen) atoms. The standard InChI is InChI=1S/C30H45N3O2/c1-6-25-19-26(27(7-2)33(25)8-3)29(34)32-18-15-30(22-32)13-16-31(17-14-30)20-24-11-9-10-12-28(24)35-21-23(4)5/h9-12,19,23H,6-8,13-18,20-22H2,1-5H3. The first-order valence-electron chi connectivity index (χ1n) is 13.8. The van der Waals surface area contributed by atoms with Gasteiger partial charge < -0.3 is 14.2 Å². The number of carbonyl (C=O) groups excluding carboxylic acids is 1. The number of ether oxygens (including phenoxy) is 1. The zero-order chi connectivity index (χ0) is 25.0. The third kappa shape index (κ3) is 5.61. The molecule has 1 spiro atoms. The fourth-order valence-corrected chi connectivity index (χ4v) is 6.04. The van der Waals surface area contributed by atoms with E-state index >= 15 is 0 Å². The third-order valence-electron chi connectivity index (χ3n) is 8.12. The Labute approximate surface area is 212 Å². The molecule has 0 unspecified atom stereocenters. The molecule has 5 nitrogen and oxygen atoms in total. The third-order valence-corrected chi connectivity index (χ3v) is 8.12. The first kappa shape index (κ1) is 25.8. The molecule has 192 valence electrons. The lowest BCUT2D eigenvalue weighted by molar-refractivity contribution is 0.0711. The molecule has 1 aromatic heterocycles. The minimum absolute atomic E-state index is 0.249. The lowest BCUT2D eigenvalue weighted by Crippen LogP contribution is -2.42. The Bertz CT molecular complexity index is 1000. The van der Waals surface area contributed by atoms with Gasteiger partial charge in [-0.15, -0.1) is 0 Å². The molecule has 0 aliphatic carbocycles. The summed E-state index contributed by atoms with van der Waals surface area (Å²) in [5.74, 6) is 1.80. The Morgan fingerprint density at radius 2 is 1.74 bits per heavy atom. The molecular formula is C30H45N3O2. The summed E-state index contributed by atoms with van der Waals surface area (Å²) < 4.78 is 8.44. The predicted molar refractivity (Wildman–Crippen MR) is 143 cm³/mol. The van der Waals surface area contributed by atoms with E-state index in [1.807, 2.05) is 0 Å². The van der Waals surface area contributed by atoms with Crippen LogP contribution in [-0.2, 0) is 25.9 Å². The van der Waals surface area contributed by atoms with E-state index in [0.717, 1.165) is 76.5 Å². The number of para-hydroxylation sites is 1. The quantitative estimate of drug-likeness (QED) is 0.456. The molecule has 1 amide bonds. The van der Waals surface area contributed by atoms with Gasteiger partial charge in [0.1, 0.15) is 5.75 Å². The van der Waals surface area contributed by atoms with Crippen molar-refractivity contribution < 1.29 is 9.53 Å². The monoisotopic (exact) mass is 479 g/mol. The van der Waals surface area contributed by atoms with Gasteiger partial charge in [0.15, 0.2) is 0 Å². The summed E-state index contributed by atoms with van der Waals surface area (Å²) in [5, 5.41) is 0. The summed E-state index contributed by atoms with van der Waals surface area (Å²) in [6, 6.07) is 10.6. The zero-order valence-electron chi connectivity index (χ0n) is 22.6. The van der Waals surface area contributed by atoms with Crippen LogP contribution < -0.4 is 4.74 Å². The summed E-state index contributed by atoms with van der Waals surface area (Å²) in [7, 11) is 0. The number of aromatic nitrogens is 1. The average Bonchev–Trinajstić information content (AvgIpc) is 3.45. The topological polar surface area (TPSA) is 37.7 Å². The van der Waals surface area contributed by atoms with Crippen molar-refractivity contribution in [2.75, 3.05) is 32.8 Å². The van der Waals surface area contributed by atoms with Crippen LogP contribution in [0.2, 0.25) is 0 Å². The largest absolute Gasteiger partial charge is 0.493 e. The van der Waals surface area contributed by atoms with Crippen LogP contribution in [0.5, 0.6) is 5.75 Å². The fraction of sp³-hybridized carbons (Fsp3) is 0.633. The Balaban J connectivity index is 1.37. The number of nitrogens with zero attached hydrogens (tertiary/aromatic N) is 3. The zero-order valence-corrected chi connectivity index (χ0v) is 22.6. The van der Waals surface area contributed by atoms with E-state index in [2.05, 4.69) is 79.3 Å². The highest BCUT2D eigenvalue weighted by Crippen LogP contribution is 2.41. The van der Waals surface area contributed by atoms with Gasteiger partial charge in [0.05, 0.1) is 12.2 Å². The van der Waals surface area contributed by atoms with Crippen LogP contribution >= 0.6 is 0 Å². The number of carbonyl (C=O) groups is 1. The second-order valence-electron chi connectivity index (χ2n) is 11.0. The number of amides is 1. The molecule has 4 rings (SSSR count). The van der Waals surface area contributed by atoms with Crippen LogP contribution in [0.25, 0.3) is 0 Å². The SMILES string of the molecule is CCc1cc(C(=O)N2CCC3(CCN(Cc4ccccc4OCC(C)C)CC3)C2)c(CC)n1CC. The van der Waals surface area contributed by atoms with Crippen molar-refractivity contribution >= 4 is 5.91 Å². The second-order valence-corrected chi connectivity index (χ2v) is 11.0. The lowest BCUT2D eigenvalue weighted by Gasteiger charge is -2.39. The van der Waals surface area contributed by atoms with Crippen LogP contribution in [0.1, 0.15) is 81.2 Å². The number of hydrogen-bond donors (Lipinski definition) is 0. The molecule has 0 N–H and O–H groups in total. The second kappa shape index (κ2) is 11.2. The van der Waals surface area contributed by atoms with Crippen molar-refractivity contribution in [1.29, 1.82) is 0 Å². The number of aryl methyl sites for hydroxylation is 1. The lowest BCUT2D eigenvalue weighted by atomic mass is 9.77. The molecule has 1 aromatic carbocycles. The van der Waals surface area contributed by atoms with E-state index in [4.69, 9.17) is 4.74 Å². The van der Waals surface area contributed by atoms with E-state index in [9.17, 15) is 4.79 Å². The van der Waals surface area contributed by atoms with Crippen LogP contribution in [0, 0.1) is 11.3 Å². The molecule has 2 aliphatic rings. The van der Waals surface area contributed by atoms with Crippen molar-refractivity contribution in [2.24, 2.45) is 11.3 Å². The molecular weight excluding hydrogens is 434 g/mol. The van der Waals surface area contributed by atoms with Crippen LogP contribution in [0.15, 0.2) is 30.3 Å². The first-order chi connectivity index (χ1) is 16.9. The molecule has 5 heteroatoms. The van der Waals surface area contributed by atoms with Gasteiger partial charge in [-0.1, -0.05) is 45.9 Å². The van der Waals surface area contributed by atoms with Gasteiger partial charge in [0.25, 0.3) is 5.91 Å². The normalized spacial score (nSPS) is 18.1. The van der Waals surface area contributed by atoms with Gasteiger partial charge in [0.2, 0.25) is 0 Å². The highest BCUT2D eigenvalue weighted by molar-refractivity contribution is 5.96. The summed E-state index contributed by atoms with van der Waals surface area (Å²) in [6.07, 6.45) is 5.35. The molecule has 2 aromatic rings. The number of rotatable bonds is 9. The Kier molecular flexibility index (Phi) is 8.26. The minimum Gasteiger partial charge on any atom is -0.493 e. The number of hydrogen-bond acceptors (Lipinski definition) is 3. The smallest absolute Gasteiger partial charge is 0.255 e. The van der Waals surface area contributed by atoms with E-state index in [0.29, 0.717) is 5.92 Å². The maximum Gasteiger partial charge on any atom is 0.255 e. The van der Waals surface area contributed by atoms with Gasteiger partial charge >= 0.3 is 0 Å². The highest BCUT2D eigenvalue weighted by Gasteiger charge is 2.42. The molecule has 2 fully saturated rings. The van der Waals surface area contributed by atoms with E-state index in [1.54, 1.807) is 0 Å². The maximum absolute atomic E-state index is 13.6. The molecule has 0 bridgehead atoms. The number of benzene rings is 1. The summed E-state index contributed by atoms with van der Waals surface area (Å²) in [4.78, 5) is 18.3. The van der Waals surface area contributed by atoms with Gasteiger partial charge in [0, 0.05) is 43.1 Å². The molecule has 0 radical (unpaired) electrons. The first-order valence-corrected chi connectivity index (χ1v) is 13.8. The molecule has 2 aliphatic heterocycles. The van der Waals surface area contributed by atoms with Gasteiger partial charge in [-0.2, -0.15) is 0 Å². The predicted octanol–water partition coefficient (Wildman–Crippen LogP) is 5.80. The van der Waals surface area contributed by atoms with Crippen LogP contribution in [0.3, 0.4) is 0 Å².